The Morgan fingerprint density at radius 3 is 2.85 bits per heavy atom. The van der Waals surface area contributed by atoms with Crippen LogP contribution in [-0.2, 0) is 6.42 Å². The number of nitrogens with zero attached hydrogens (tertiary/aromatic N) is 1. The number of hydrogen-bond donors (Lipinski definition) is 1. The molecule has 0 bridgehead atoms. The van der Waals surface area contributed by atoms with Crippen LogP contribution in [0, 0.1) is 5.92 Å². The van der Waals surface area contributed by atoms with E-state index in [2.05, 4.69) is 41.2 Å². The zero-order chi connectivity index (χ0) is 18.7. The van der Waals surface area contributed by atoms with Gasteiger partial charge in [0.25, 0.3) is 5.91 Å². The summed E-state index contributed by atoms with van der Waals surface area (Å²) < 4.78 is 6.62. The second-order valence-electron chi connectivity index (χ2n) is 6.63. The fourth-order valence-corrected chi connectivity index (χ4v) is 3.49. The highest BCUT2D eigenvalue weighted by Gasteiger charge is 2.24. The number of ether oxygens (including phenoxy) is 1. The average Bonchev–Trinajstić information content (AvgIpc) is 3.04. The molecule has 0 fully saturated rings. The second kappa shape index (κ2) is 8.18. The van der Waals surface area contributed by atoms with Crippen LogP contribution in [0.2, 0.25) is 0 Å². The molecule has 0 unspecified atom stereocenters. The molecule has 0 aromatic heterocycles. The molecule has 136 valence electrons. The van der Waals surface area contributed by atoms with Gasteiger partial charge < -0.3 is 9.64 Å². The Morgan fingerprint density at radius 2 is 2.08 bits per heavy atom. The quantitative estimate of drug-likeness (QED) is 0.718. The summed E-state index contributed by atoms with van der Waals surface area (Å²) in [6.07, 6.45) is 0.922. The van der Waals surface area contributed by atoms with Gasteiger partial charge in [-0.2, -0.15) is 0 Å². The Kier molecular flexibility index (Phi) is 5.94. The second-order valence-corrected chi connectivity index (χ2v) is 7.94. The molecule has 1 heterocycles. The van der Waals surface area contributed by atoms with Crippen molar-refractivity contribution in [2.45, 2.75) is 20.3 Å². The van der Waals surface area contributed by atoms with E-state index >= 15 is 0 Å². The predicted octanol–water partition coefficient (Wildman–Crippen LogP) is 4.56. The van der Waals surface area contributed by atoms with Crippen molar-refractivity contribution in [1.82, 2.24) is 5.32 Å². The highest BCUT2D eigenvalue weighted by Crippen LogP contribution is 2.28. The Labute approximate surface area is 167 Å². The molecule has 2 aromatic rings. The summed E-state index contributed by atoms with van der Waals surface area (Å²) in [4.78, 5) is 14.8. The number of anilines is 1. The molecule has 1 amide bonds. The van der Waals surface area contributed by atoms with Crippen molar-refractivity contribution < 1.29 is 9.53 Å². The normalized spacial score (nSPS) is 12.8. The van der Waals surface area contributed by atoms with E-state index in [4.69, 9.17) is 17.0 Å². The van der Waals surface area contributed by atoms with Crippen LogP contribution in [0.5, 0.6) is 5.75 Å². The molecule has 0 aliphatic carbocycles. The van der Waals surface area contributed by atoms with Crippen molar-refractivity contribution in [3.63, 3.8) is 0 Å². The van der Waals surface area contributed by atoms with Crippen LogP contribution >= 0.6 is 28.1 Å². The highest BCUT2D eigenvalue weighted by atomic mass is 79.9. The summed E-state index contributed by atoms with van der Waals surface area (Å²) in [6.45, 7) is 5.45. The number of thiocarbonyl (C=S) groups is 1. The topological polar surface area (TPSA) is 41.6 Å². The molecule has 26 heavy (non-hydrogen) atoms. The van der Waals surface area contributed by atoms with Gasteiger partial charge in [-0.25, -0.2) is 0 Å². The first-order valence-electron chi connectivity index (χ1n) is 8.59. The first kappa shape index (κ1) is 18.9. The molecule has 0 saturated heterocycles. The van der Waals surface area contributed by atoms with Crippen molar-refractivity contribution in [2.75, 3.05) is 18.1 Å². The van der Waals surface area contributed by atoms with Gasteiger partial charge in [0, 0.05) is 16.7 Å². The molecule has 0 atom stereocenters. The van der Waals surface area contributed by atoms with E-state index in [1.54, 1.807) is 12.1 Å². The van der Waals surface area contributed by atoms with E-state index < -0.39 is 0 Å². The van der Waals surface area contributed by atoms with Crippen molar-refractivity contribution in [3.05, 3.63) is 58.1 Å². The number of rotatable bonds is 4. The molecule has 1 aliphatic heterocycles. The lowest BCUT2D eigenvalue weighted by molar-refractivity contribution is 0.0972. The number of nitrogens with one attached hydrogen (secondary N) is 1. The van der Waals surface area contributed by atoms with Gasteiger partial charge in [-0.05, 0) is 54.4 Å². The maximum atomic E-state index is 12.8. The zero-order valence-corrected chi connectivity index (χ0v) is 17.2. The van der Waals surface area contributed by atoms with Crippen molar-refractivity contribution in [2.24, 2.45) is 5.92 Å². The van der Waals surface area contributed by atoms with E-state index in [0.717, 1.165) is 23.1 Å². The third kappa shape index (κ3) is 4.24. The standard InChI is InChI=1S/C20H21BrN2O2S/c1-13(2)12-25-18-8-7-15(21)11-16(18)19(24)22-20(26)23-10-9-14-5-3-4-6-17(14)23/h3-8,11,13H,9-10,12H2,1-2H3,(H,22,24,26). The van der Waals surface area contributed by atoms with Gasteiger partial charge >= 0.3 is 0 Å². The minimum Gasteiger partial charge on any atom is -0.492 e. The van der Waals surface area contributed by atoms with Gasteiger partial charge in [0.05, 0.1) is 12.2 Å². The number of halogens is 1. The van der Waals surface area contributed by atoms with Gasteiger partial charge in [-0.1, -0.05) is 48.0 Å². The molecule has 0 saturated carbocycles. The van der Waals surface area contributed by atoms with Crippen LogP contribution < -0.4 is 15.0 Å². The Balaban J connectivity index is 1.76. The summed E-state index contributed by atoms with van der Waals surface area (Å²) in [5.41, 5.74) is 2.77. The van der Waals surface area contributed by atoms with Crippen LogP contribution in [0.3, 0.4) is 0 Å². The Morgan fingerprint density at radius 1 is 1.31 bits per heavy atom. The monoisotopic (exact) mass is 432 g/mol. The van der Waals surface area contributed by atoms with Crippen LogP contribution in [0.25, 0.3) is 0 Å². The maximum absolute atomic E-state index is 12.8. The van der Waals surface area contributed by atoms with E-state index in [-0.39, 0.29) is 5.91 Å². The lowest BCUT2D eigenvalue weighted by atomic mass is 10.2. The fourth-order valence-electron chi connectivity index (χ4n) is 2.84. The smallest absolute Gasteiger partial charge is 0.261 e. The Hall–Kier alpha value is -1.92. The molecule has 1 N–H and O–H groups in total. The summed E-state index contributed by atoms with van der Waals surface area (Å²) >= 11 is 8.91. The number of carbonyl (C=O) groups is 1. The highest BCUT2D eigenvalue weighted by molar-refractivity contribution is 9.10. The fraction of sp³-hybridized carbons (Fsp3) is 0.300. The number of amides is 1. The van der Waals surface area contributed by atoms with E-state index in [9.17, 15) is 4.79 Å². The molecule has 4 nitrogen and oxygen atoms in total. The van der Waals surface area contributed by atoms with E-state index in [1.807, 2.05) is 29.2 Å². The minimum atomic E-state index is -0.264. The summed E-state index contributed by atoms with van der Waals surface area (Å²) in [7, 11) is 0. The number of hydrogen-bond acceptors (Lipinski definition) is 3. The molecular formula is C20H21BrN2O2S. The predicted molar refractivity (Wildman–Crippen MR) is 112 cm³/mol. The van der Waals surface area contributed by atoms with Crippen molar-refractivity contribution in [1.29, 1.82) is 0 Å². The van der Waals surface area contributed by atoms with Crippen LogP contribution in [0.1, 0.15) is 29.8 Å². The summed E-state index contributed by atoms with van der Waals surface area (Å²) in [5, 5.41) is 3.26. The van der Waals surface area contributed by atoms with Gasteiger partial charge in [-0.15, -0.1) is 0 Å². The number of benzene rings is 2. The number of carbonyl (C=O) groups excluding carboxylic acids is 1. The number of para-hydroxylation sites is 1. The maximum Gasteiger partial charge on any atom is 0.261 e. The lowest BCUT2D eigenvalue weighted by Gasteiger charge is -2.21. The molecule has 1 aliphatic rings. The minimum absolute atomic E-state index is 0.264. The van der Waals surface area contributed by atoms with E-state index in [1.165, 1.54) is 5.56 Å². The molecule has 0 radical (unpaired) electrons. The third-order valence-corrected chi connectivity index (χ3v) is 4.93. The van der Waals surface area contributed by atoms with Crippen molar-refractivity contribution in [3.8, 4) is 5.75 Å². The zero-order valence-electron chi connectivity index (χ0n) is 14.8. The van der Waals surface area contributed by atoms with Crippen LogP contribution in [0.4, 0.5) is 5.69 Å². The third-order valence-electron chi connectivity index (χ3n) is 4.11. The largest absolute Gasteiger partial charge is 0.492 e. The molecule has 0 spiro atoms. The first-order valence-corrected chi connectivity index (χ1v) is 9.79. The molecular weight excluding hydrogens is 412 g/mol. The van der Waals surface area contributed by atoms with Gasteiger partial charge in [-0.3, -0.25) is 10.1 Å². The van der Waals surface area contributed by atoms with Crippen molar-refractivity contribution >= 4 is 44.9 Å². The molecule has 2 aromatic carbocycles. The molecule has 6 heteroatoms. The lowest BCUT2D eigenvalue weighted by Crippen LogP contribution is -2.42. The van der Waals surface area contributed by atoms with Crippen LogP contribution in [-0.4, -0.2) is 24.2 Å². The first-order chi connectivity index (χ1) is 12.5. The number of fused-ring (bicyclic) bond motifs is 1. The molecule has 3 rings (SSSR count). The van der Waals surface area contributed by atoms with Crippen LogP contribution in [0.15, 0.2) is 46.9 Å². The van der Waals surface area contributed by atoms with Gasteiger partial charge in [0.15, 0.2) is 5.11 Å². The average molecular weight is 433 g/mol. The van der Waals surface area contributed by atoms with Gasteiger partial charge in [0.1, 0.15) is 5.75 Å². The van der Waals surface area contributed by atoms with Gasteiger partial charge in [0.2, 0.25) is 0 Å². The Bertz CT molecular complexity index is 838. The summed E-state index contributed by atoms with van der Waals surface area (Å²) in [5.74, 6) is 0.667. The summed E-state index contributed by atoms with van der Waals surface area (Å²) in [6, 6.07) is 13.5. The van der Waals surface area contributed by atoms with E-state index in [0.29, 0.717) is 29.0 Å². The SMILES string of the molecule is CC(C)COc1ccc(Br)cc1C(=O)NC(=S)N1CCc2ccccc21.